The molecule has 148 valence electrons. The fraction of sp³-hybridized carbons (Fsp3) is 0.286. The first-order valence-electron chi connectivity index (χ1n) is 8.96. The van der Waals surface area contributed by atoms with Crippen LogP contribution >= 0.6 is 23.2 Å². The zero-order chi connectivity index (χ0) is 20.1. The highest BCUT2D eigenvalue weighted by Crippen LogP contribution is 2.36. The highest BCUT2D eigenvalue weighted by atomic mass is 35.5. The van der Waals surface area contributed by atoms with E-state index in [2.05, 4.69) is 4.98 Å². The van der Waals surface area contributed by atoms with Gasteiger partial charge in [-0.25, -0.2) is 9.37 Å². The summed E-state index contributed by atoms with van der Waals surface area (Å²) in [6.07, 6.45) is 6.16. The average Bonchev–Trinajstić information content (AvgIpc) is 3.14. The molecule has 0 saturated heterocycles. The Morgan fingerprint density at radius 3 is 2.71 bits per heavy atom. The van der Waals surface area contributed by atoms with E-state index in [1.165, 1.54) is 18.2 Å². The molecule has 0 aliphatic heterocycles. The Kier molecular flexibility index (Phi) is 6.60. The number of imidazole rings is 1. The van der Waals surface area contributed by atoms with Crippen LogP contribution in [0.5, 0.6) is 5.75 Å². The van der Waals surface area contributed by atoms with E-state index in [0.29, 0.717) is 34.2 Å². The second kappa shape index (κ2) is 8.95. The first-order chi connectivity index (χ1) is 13.4. The molecule has 0 spiro atoms. The number of aromatic nitrogens is 2. The Labute approximate surface area is 173 Å². The number of hydrogen-bond acceptors (Lipinski definition) is 3. The normalized spacial score (nSPS) is 13.3. The van der Waals surface area contributed by atoms with Crippen LogP contribution in [0.3, 0.4) is 0 Å². The maximum atomic E-state index is 14.0. The van der Waals surface area contributed by atoms with Crippen molar-refractivity contribution in [1.29, 1.82) is 0 Å². The van der Waals surface area contributed by atoms with E-state index in [1.54, 1.807) is 41.5 Å². The first-order valence-corrected chi connectivity index (χ1v) is 9.72. The van der Waals surface area contributed by atoms with Crippen LogP contribution in [-0.2, 0) is 18.8 Å². The maximum Gasteiger partial charge on any atom is 0.126 e. The molecule has 3 rings (SSSR count). The molecule has 3 aromatic rings. The molecule has 0 aliphatic rings. The minimum Gasteiger partial charge on any atom is -0.488 e. The van der Waals surface area contributed by atoms with Gasteiger partial charge in [-0.05, 0) is 36.8 Å². The number of ether oxygens (including phenoxy) is 1. The monoisotopic (exact) mass is 422 g/mol. The summed E-state index contributed by atoms with van der Waals surface area (Å²) in [6, 6.07) is 9.31. The Morgan fingerprint density at radius 2 is 2.04 bits per heavy atom. The predicted octanol–water partition coefficient (Wildman–Crippen LogP) is 5.60. The van der Waals surface area contributed by atoms with Crippen molar-refractivity contribution < 1.29 is 14.2 Å². The lowest BCUT2D eigenvalue weighted by atomic mass is 9.88. The number of hydrogen-bond donors (Lipinski definition) is 1. The molecule has 4 nitrogen and oxygen atoms in total. The molecule has 0 fully saturated rings. The van der Waals surface area contributed by atoms with Crippen molar-refractivity contribution in [2.75, 3.05) is 0 Å². The van der Waals surface area contributed by atoms with Gasteiger partial charge in [0.2, 0.25) is 0 Å². The minimum absolute atomic E-state index is 0.169. The van der Waals surface area contributed by atoms with Gasteiger partial charge in [0.1, 0.15) is 23.8 Å². The smallest absolute Gasteiger partial charge is 0.126 e. The summed E-state index contributed by atoms with van der Waals surface area (Å²) in [6.45, 7) is 2.37. The molecule has 0 saturated carbocycles. The van der Waals surface area contributed by atoms with Gasteiger partial charge in [0.15, 0.2) is 0 Å². The van der Waals surface area contributed by atoms with Crippen molar-refractivity contribution in [1.82, 2.24) is 9.55 Å². The van der Waals surface area contributed by atoms with Crippen LogP contribution in [0, 0.1) is 5.82 Å². The van der Waals surface area contributed by atoms with E-state index < -0.39 is 11.4 Å². The van der Waals surface area contributed by atoms with E-state index in [0.717, 1.165) is 5.56 Å². The molecule has 0 aliphatic carbocycles. The summed E-state index contributed by atoms with van der Waals surface area (Å²) >= 11 is 12.1. The minimum atomic E-state index is -1.31. The Balaban J connectivity index is 1.91. The third kappa shape index (κ3) is 4.85. The summed E-state index contributed by atoms with van der Waals surface area (Å²) in [5, 5.41) is 12.4. The van der Waals surface area contributed by atoms with Gasteiger partial charge >= 0.3 is 0 Å². The zero-order valence-electron chi connectivity index (χ0n) is 15.4. The third-order valence-electron chi connectivity index (χ3n) is 4.51. The van der Waals surface area contributed by atoms with Gasteiger partial charge in [-0.2, -0.15) is 0 Å². The zero-order valence-corrected chi connectivity index (χ0v) is 16.9. The van der Waals surface area contributed by atoms with E-state index in [4.69, 9.17) is 27.9 Å². The average molecular weight is 423 g/mol. The first kappa shape index (κ1) is 20.6. The molecule has 1 heterocycles. The van der Waals surface area contributed by atoms with Crippen LogP contribution < -0.4 is 4.74 Å². The molecular formula is C21H21Cl2FN2O2. The third-order valence-corrected chi connectivity index (χ3v) is 5.10. The van der Waals surface area contributed by atoms with Crippen molar-refractivity contribution in [2.45, 2.75) is 38.5 Å². The standard InChI is InChI=1S/C21H21Cl2FN2O2/c1-2-7-21(27,13-26-9-8-25-14-26)18-11-17(24)5-6-20(18)28-12-15-3-4-16(22)10-19(15)23/h3-6,8-11,14,27H,2,7,12-13H2,1H3. The van der Waals surface area contributed by atoms with Gasteiger partial charge in [-0.3, -0.25) is 0 Å². The SMILES string of the molecule is CCCC(O)(Cn1ccnc1)c1cc(F)ccc1OCc1ccc(Cl)cc1Cl. The lowest BCUT2D eigenvalue weighted by Gasteiger charge is -2.30. The topological polar surface area (TPSA) is 47.3 Å². The quantitative estimate of drug-likeness (QED) is 0.514. The van der Waals surface area contributed by atoms with Crippen molar-refractivity contribution >= 4 is 23.2 Å². The molecular weight excluding hydrogens is 402 g/mol. The maximum absolute atomic E-state index is 14.0. The molecule has 1 aromatic heterocycles. The van der Waals surface area contributed by atoms with E-state index >= 15 is 0 Å². The van der Waals surface area contributed by atoms with Crippen molar-refractivity contribution in [3.8, 4) is 5.75 Å². The van der Waals surface area contributed by atoms with Crippen molar-refractivity contribution in [3.05, 3.63) is 82.1 Å². The molecule has 0 amide bonds. The van der Waals surface area contributed by atoms with Crippen LogP contribution in [0.4, 0.5) is 4.39 Å². The highest BCUT2D eigenvalue weighted by Gasteiger charge is 2.32. The molecule has 0 bridgehead atoms. The van der Waals surface area contributed by atoms with E-state index in [1.807, 2.05) is 6.92 Å². The Hall–Kier alpha value is -2.08. The lowest BCUT2D eigenvalue weighted by Crippen LogP contribution is -2.31. The number of rotatable bonds is 8. The summed E-state index contributed by atoms with van der Waals surface area (Å²) < 4.78 is 21.7. The molecule has 0 radical (unpaired) electrons. The number of nitrogens with zero attached hydrogens (tertiary/aromatic N) is 2. The van der Waals surface area contributed by atoms with Gasteiger partial charge < -0.3 is 14.4 Å². The van der Waals surface area contributed by atoms with Gasteiger partial charge in [-0.15, -0.1) is 0 Å². The molecule has 28 heavy (non-hydrogen) atoms. The van der Waals surface area contributed by atoms with Crippen LogP contribution in [-0.4, -0.2) is 14.7 Å². The van der Waals surface area contributed by atoms with Crippen molar-refractivity contribution in [3.63, 3.8) is 0 Å². The number of aliphatic hydroxyl groups is 1. The largest absolute Gasteiger partial charge is 0.488 e. The van der Waals surface area contributed by atoms with Crippen molar-refractivity contribution in [2.24, 2.45) is 0 Å². The lowest BCUT2D eigenvalue weighted by molar-refractivity contribution is 0.00578. The summed E-state index contributed by atoms with van der Waals surface area (Å²) in [7, 11) is 0. The summed E-state index contributed by atoms with van der Waals surface area (Å²) in [5.41, 5.74) is -0.167. The van der Waals surface area contributed by atoms with Crippen LogP contribution in [0.1, 0.15) is 30.9 Å². The van der Waals surface area contributed by atoms with Crippen LogP contribution in [0.25, 0.3) is 0 Å². The van der Waals surface area contributed by atoms with Crippen LogP contribution in [0.2, 0.25) is 10.0 Å². The van der Waals surface area contributed by atoms with E-state index in [9.17, 15) is 9.50 Å². The van der Waals surface area contributed by atoms with Crippen LogP contribution in [0.15, 0.2) is 55.1 Å². The van der Waals surface area contributed by atoms with Gasteiger partial charge in [-0.1, -0.05) is 42.6 Å². The molecule has 2 aromatic carbocycles. The second-order valence-electron chi connectivity index (χ2n) is 6.68. The summed E-state index contributed by atoms with van der Waals surface area (Å²) in [4.78, 5) is 4.01. The van der Waals surface area contributed by atoms with Gasteiger partial charge in [0.05, 0.1) is 12.9 Å². The molecule has 1 N–H and O–H groups in total. The fourth-order valence-electron chi connectivity index (χ4n) is 3.18. The fourth-order valence-corrected chi connectivity index (χ4v) is 3.64. The predicted molar refractivity (Wildman–Crippen MR) is 108 cm³/mol. The molecule has 7 heteroatoms. The highest BCUT2D eigenvalue weighted by molar-refractivity contribution is 6.35. The summed E-state index contributed by atoms with van der Waals surface area (Å²) in [5.74, 6) is -0.0319. The second-order valence-corrected chi connectivity index (χ2v) is 7.53. The Morgan fingerprint density at radius 1 is 1.21 bits per heavy atom. The Bertz CT molecular complexity index is 934. The van der Waals surface area contributed by atoms with Gasteiger partial charge in [0, 0.05) is 33.6 Å². The molecule has 1 unspecified atom stereocenters. The van der Waals surface area contributed by atoms with Gasteiger partial charge in [0.25, 0.3) is 0 Å². The van der Waals surface area contributed by atoms with E-state index in [-0.39, 0.29) is 13.2 Å². The number of benzene rings is 2. The number of halogens is 3. The molecule has 1 atom stereocenters.